The summed E-state index contributed by atoms with van der Waals surface area (Å²) < 4.78 is 25.9. The maximum atomic E-state index is 8.63. The van der Waals surface area contributed by atoms with Crippen LogP contribution >= 0.6 is 0 Å². The van der Waals surface area contributed by atoms with Crippen LogP contribution in [0.1, 0.15) is 0 Å². The molecule has 0 spiro atoms. The third kappa shape index (κ3) is 11.5. The molecule has 0 aromatic heterocycles. The summed E-state index contributed by atoms with van der Waals surface area (Å²) in [5.41, 5.74) is 0. The summed E-state index contributed by atoms with van der Waals surface area (Å²) in [6, 6.07) is 0. The van der Waals surface area contributed by atoms with E-state index in [1.54, 1.807) is 0 Å². The van der Waals surface area contributed by atoms with Gasteiger partial charge < -0.3 is 0 Å². The molecule has 0 aliphatic rings. The van der Waals surface area contributed by atoms with E-state index in [-0.39, 0.29) is 0 Å². The first kappa shape index (κ1) is 5.07. The van der Waals surface area contributed by atoms with E-state index in [9.17, 15) is 0 Å². The first-order valence-corrected chi connectivity index (χ1v) is 4.54. The molecule has 0 fully saturated rings. The van der Waals surface area contributed by atoms with Crippen molar-refractivity contribution in [3.63, 3.8) is 0 Å². The molecular weight excluding hydrogens is 192 g/mol. The van der Waals surface area contributed by atoms with Gasteiger partial charge in [0.15, 0.2) is 0 Å². The van der Waals surface area contributed by atoms with E-state index in [4.69, 9.17) is 3.92 Å². The van der Waals surface area contributed by atoms with Crippen LogP contribution < -0.4 is 2.87 Å². The van der Waals surface area contributed by atoms with Crippen LogP contribution in [0.15, 0.2) is 0 Å². The van der Waals surface area contributed by atoms with Gasteiger partial charge in [-0.2, -0.15) is 0 Å². The predicted molar refractivity (Wildman–Crippen MR) is 0.686 cm³/mol. The Morgan fingerprint density at radius 3 is 1.50 bits per heavy atom. The Labute approximate surface area is 39.4 Å². The Hall–Kier alpha value is 1.07. The van der Waals surface area contributed by atoms with Gasteiger partial charge in [-0.1, -0.05) is 0 Å². The van der Waals surface area contributed by atoms with E-state index in [2.05, 4.69) is 0 Å². The minimum atomic E-state index is -4.41. The fraction of sp³-hybridized carbons (Fsp3) is 0. The van der Waals surface area contributed by atoms with Crippen LogP contribution in [0.3, 0.4) is 0 Å². The predicted octanol–water partition coefficient (Wildman–Crippen LogP) is -2.50. The van der Waals surface area contributed by atoms with E-state index in [1.165, 1.54) is 0 Å². The first-order chi connectivity index (χ1) is 1.73. The Morgan fingerprint density at radius 1 is 1.50 bits per heavy atom. The van der Waals surface area contributed by atoms with Gasteiger partial charge in [-0.25, -0.2) is 0 Å². The Morgan fingerprint density at radius 2 is 1.50 bits per heavy atom. The van der Waals surface area contributed by atoms with Crippen LogP contribution in [0, 0.1) is 35.9 Å². The molecule has 0 unspecified atom stereocenters. The van der Waals surface area contributed by atoms with Crippen molar-refractivity contribution in [1.29, 1.82) is 0 Å². The quantitative estimate of drug-likeness (QED) is 0.426. The van der Waals surface area contributed by atoms with Gasteiger partial charge in [-0.3, -0.25) is 0 Å². The Balaban J connectivity index is 2.80. The molecule has 0 aromatic carbocycles. The van der Waals surface area contributed by atoms with E-state index in [0.29, 0.717) is 0 Å². The zero-order chi connectivity index (χ0) is 3.58. The number of hydrogen-bond donors (Lipinski definition) is 0. The second-order valence-corrected chi connectivity index (χ2v) is 1.85. The molecule has 4 heavy (non-hydrogen) atoms. The molecule has 0 saturated carbocycles. The van der Waals surface area contributed by atoms with Crippen LogP contribution in [0.25, 0.3) is 0 Å². The van der Waals surface area contributed by atoms with Crippen LogP contribution in [0.5, 0.6) is 0 Å². The average molecular weight is 192 g/mol. The normalized spacial score (nSPS) is 6.50. The molecule has 0 saturated heterocycles. The second-order valence-electron chi connectivity index (χ2n) is 0.250. The van der Waals surface area contributed by atoms with Crippen molar-refractivity contribution in [1.82, 2.24) is 0 Å². The Bertz CT molecular complexity index is 26.3. The molecular formula is NdO3-2. The molecule has 24 valence electrons. The van der Waals surface area contributed by atoms with Crippen molar-refractivity contribution in [2.45, 2.75) is 0 Å². The number of hydrogen-bond acceptors (Lipinski definition) is 3. The zero-order valence-electron chi connectivity index (χ0n) is 1.72. The fourth-order valence-corrected chi connectivity index (χ4v) is 0. The van der Waals surface area contributed by atoms with Crippen molar-refractivity contribution >= 4 is 0 Å². The van der Waals surface area contributed by atoms with Gasteiger partial charge in [0.05, 0.1) is 0 Å². The van der Waals surface area contributed by atoms with Gasteiger partial charge in [0, 0.05) is 0 Å². The summed E-state index contributed by atoms with van der Waals surface area (Å²) in [6.07, 6.45) is 0. The zero-order valence-corrected chi connectivity index (χ0v) is 4.93. The first-order valence-electron chi connectivity index (χ1n) is 0.612. The minimum absolute atomic E-state index is 4.41. The van der Waals surface area contributed by atoms with Gasteiger partial charge in [-0.15, -0.1) is 0 Å². The monoisotopic (exact) mass is 190 g/mol. The van der Waals surface area contributed by atoms with Gasteiger partial charge in [0.25, 0.3) is 0 Å². The van der Waals surface area contributed by atoms with Crippen LogP contribution in [-0.4, -0.2) is 0 Å². The SMILES string of the molecule is [O]=[Nd]([O-])[O-]. The molecule has 0 rings (SSSR count). The molecule has 0 N–H and O–H groups in total. The van der Waals surface area contributed by atoms with Crippen LogP contribution in [0.2, 0.25) is 0 Å². The second kappa shape index (κ2) is 2.32. The standard InChI is InChI=1S/Nd.3O/q;;2*-1. The van der Waals surface area contributed by atoms with E-state index >= 15 is 0 Å². The summed E-state index contributed by atoms with van der Waals surface area (Å²) in [6.45, 7) is 0. The fourth-order valence-electron chi connectivity index (χ4n) is 0. The van der Waals surface area contributed by atoms with Crippen molar-refractivity contribution in [2.24, 2.45) is 0 Å². The van der Waals surface area contributed by atoms with E-state index in [1.807, 2.05) is 0 Å². The summed E-state index contributed by atoms with van der Waals surface area (Å²) in [5, 5.41) is 0. The summed E-state index contributed by atoms with van der Waals surface area (Å²) in [7, 11) is 0. The van der Waals surface area contributed by atoms with Gasteiger partial charge in [0.2, 0.25) is 0 Å². The van der Waals surface area contributed by atoms with E-state index in [0.717, 1.165) is 0 Å². The number of rotatable bonds is 0. The van der Waals surface area contributed by atoms with Crippen molar-refractivity contribution in [2.75, 3.05) is 0 Å². The molecule has 0 radical (unpaired) electrons. The van der Waals surface area contributed by atoms with Crippen LogP contribution in [0.4, 0.5) is 0 Å². The van der Waals surface area contributed by atoms with Crippen molar-refractivity contribution in [3.05, 3.63) is 0 Å². The third-order valence-electron chi connectivity index (χ3n) is 0. The molecule has 3 nitrogen and oxygen atoms in total. The molecule has 0 atom stereocenters. The molecule has 0 amide bonds. The Kier molecular flexibility index (Phi) is 2.94. The summed E-state index contributed by atoms with van der Waals surface area (Å²) in [5.74, 6) is 0. The molecule has 0 heterocycles. The summed E-state index contributed by atoms with van der Waals surface area (Å²) >= 11 is -4.41. The summed E-state index contributed by atoms with van der Waals surface area (Å²) in [4.78, 5) is 0. The molecule has 4 heteroatoms. The van der Waals surface area contributed by atoms with Crippen molar-refractivity contribution in [3.8, 4) is 0 Å². The van der Waals surface area contributed by atoms with Gasteiger partial charge in [0.1, 0.15) is 0 Å². The van der Waals surface area contributed by atoms with Gasteiger partial charge in [-0.05, 0) is 0 Å². The third-order valence-corrected chi connectivity index (χ3v) is 0. The van der Waals surface area contributed by atoms with Gasteiger partial charge >= 0.3 is 39.9 Å². The topological polar surface area (TPSA) is 63.2 Å². The molecule has 0 bridgehead atoms. The average Bonchev–Trinajstić information content (AvgIpc) is 0.811. The molecule has 0 aromatic rings. The van der Waals surface area contributed by atoms with E-state index < -0.39 is 35.9 Å². The van der Waals surface area contributed by atoms with Crippen LogP contribution in [-0.2, 0) is 1.05 Å². The molecule has 0 aliphatic heterocycles. The maximum absolute atomic E-state index is 8.63. The van der Waals surface area contributed by atoms with Crippen molar-refractivity contribution < 1.29 is 39.9 Å². The molecule has 0 aliphatic carbocycles.